The van der Waals surface area contributed by atoms with Gasteiger partial charge in [-0.15, -0.1) is 24.0 Å². The number of hydrogen-bond acceptors (Lipinski definition) is 3. The van der Waals surface area contributed by atoms with Gasteiger partial charge in [-0.2, -0.15) is 0 Å². The predicted octanol–water partition coefficient (Wildman–Crippen LogP) is 3.17. The molecule has 0 bridgehead atoms. The fourth-order valence-electron chi connectivity index (χ4n) is 2.94. The van der Waals surface area contributed by atoms with Gasteiger partial charge in [0.05, 0.1) is 6.54 Å². The molecular weight excluding hydrogens is 415 g/mol. The molecule has 3 rings (SSSR count). The molecule has 1 aliphatic rings. The first-order valence-corrected chi connectivity index (χ1v) is 7.90. The van der Waals surface area contributed by atoms with Crippen molar-refractivity contribution < 1.29 is 4.74 Å². The van der Waals surface area contributed by atoms with Gasteiger partial charge in [-0.25, -0.2) is 4.98 Å². The molecule has 1 saturated heterocycles. The number of rotatable bonds is 4. The van der Waals surface area contributed by atoms with Crippen LogP contribution in [-0.4, -0.2) is 30.7 Å². The molecule has 24 heavy (non-hydrogen) atoms. The number of halogens is 1. The minimum atomic E-state index is -0.00404. The van der Waals surface area contributed by atoms with Gasteiger partial charge in [0.2, 0.25) is 0 Å². The Bertz CT molecular complexity index is 643. The summed E-state index contributed by atoms with van der Waals surface area (Å²) in [6.07, 6.45) is 3.63. The van der Waals surface area contributed by atoms with Crippen LogP contribution in [-0.2, 0) is 10.2 Å². The van der Waals surface area contributed by atoms with Crippen molar-refractivity contribution in [3.05, 3.63) is 60.3 Å². The van der Waals surface area contributed by atoms with Crippen LogP contribution in [0.25, 0.3) is 0 Å². The molecule has 0 radical (unpaired) electrons. The van der Waals surface area contributed by atoms with Gasteiger partial charge in [0.1, 0.15) is 5.82 Å². The highest BCUT2D eigenvalue weighted by atomic mass is 127. The lowest BCUT2D eigenvalue weighted by Gasteiger charge is -2.36. The molecule has 0 saturated carbocycles. The standard InChI is InChI=1S/C18H22N4O.HI/c19-17(22-16-8-4-5-11-20-16)21-14-18(9-12-23-13-10-18)15-6-2-1-3-7-15;/h1-8,11H,9-10,12-14H2,(H3,19,20,21,22);1H. The summed E-state index contributed by atoms with van der Waals surface area (Å²) >= 11 is 0. The average molecular weight is 438 g/mol. The molecule has 0 spiro atoms. The number of aliphatic imine (C=N–C) groups is 1. The van der Waals surface area contributed by atoms with Crippen LogP contribution in [0.3, 0.4) is 0 Å². The second-order valence-corrected chi connectivity index (χ2v) is 5.80. The second-order valence-electron chi connectivity index (χ2n) is 5.80. The van der Waals surface area contributed by atoms with Gasteiger partial charge in [0, 0.05) is 24.8 Å². The maximum atomic E-state index is 6.03. The monoisotopic (exact) mass is 438 g/mol. The molecule has 1 aromatic carbocycles. The summed E-state index contributed by atoms with van der Waals surface area (Å²) in [6.45, 7) is 2.17. The van der Waals surface area contributed by atoms with E-state index in [-0.39, 0.29) is 29.4 Å². The first-order valence-electron chi connectivity index (χ1n) is 7.90. The van der Waals surface area contributed by atoms with Crippen molar-refractivity contribution in [3.8, 4) is 0 Å². The van der Waals surface area contributed by atoms with Crippen molar-refractivity contribution in [1.82, 2.24) is 4.98 Å². The quantitative estimate of drug-likeness (QED) is 0.437. The van der Waals surface area contributed by atoms with Crippen LogP contribution < -0.4 is 11.1 Å². The van der Waals surface area contributed by atoms with Crippen LogP contribution in [0, 0.1) is 0 Å². The summed E-state index contributed by atoms with van der Waals surface area (Å²) in [7, 11) is 0. The number of ether oxygens (including phenoxy) is 1. The molecule has 5 nitrogen and oxygen atoms in total. The van der Waals surface area contributed by atoms with Crippen LogP contribution in [0.2, 0.25) is 0 Å². The minimum absolute atomic E-state index is 0. The molecule has 3 N–H and O–H groups in total. The van der Waals surface area contributed by atoms with Crippen LogP contribution >= 0.6 is 24.0 Å². The fraction of sp³-hybridized carbons (Fsp3) is 0.333. The first kappa shape index (κ1) is 18.7. The number of benzene rings is 1. The highest BCUT2D eigenvalue weighted by Crippen LogP contribution is 2.35. The van der Waals surface area contributed by atoms with Gasteiger partial charge in [-0.05, 0) is 30.5 Å². The number of hydrogen-bond donors (Lipinski definition) is 2. The predicted molar refractivity (Wildman–Crippen MR) is 108 cm³/mol. The Balaban J connectivity index is 0.00000208. The van der Waals surface area contributed by atoms with Gasteiger partial charge in [-0.3, -0.25) is 4.99 Å². The minimum Gasteiger partial charge on any atom is -0.381 e. The van der Waals surface area contributed by atoms with E-state index in [1.54, 1.807) is 6.20 Å². The zero-order valence-electron chi connectivity index (χ0n) is 13.5. The largest absolute Gasteiger partial charge is 0.381 e. The number of guanidine groups is 1. The molecule has 0 amide bonds. The van der Waals surface area contributed by atoms with Crippen LogP contribution in [0.15, 0.2) is 59.7 Å². The van der Waals surface area contributed by atoms with Crippen LogP contribution in [0.4, 0.5) is 5.82 Å². The Kier molecular flexibility index (Phi) is 6.99. The Morgan fingerprint density at radius 1 is 1.12 bits per heavy atom. The van der Waals surface area contributed by atoms with Crippen molar-refractivity contribution in [2.45, 2.75) is 18.3 Å². The van der Waals surface area contributed by atoms with Gasteiger partial charge >= 0.3 is 0 Å². The third kappa shape index (κ3) is 4.67. The molecule has 1 fully saturated rings. The first-order chi connectivity index (χ1) is 11.3. The lowest BCUT2D eigenvalue weighted by molar-refractivity contribution is 0.0531. The Morgan fingerprint density at radius 3 is 2.50 bits per heavy atom. The Morgan fingerprint density at radius 2 is 1.83 bits per heavy atom. The highest BCUT2D eigenvalue weighted by Gasteiger charge is 2.34. The van der Waals surface area contributed by atoms with Crippen molar-refractivity contribution in [1.29, 1.82) is 0 Å². The van der Waals surface area contributed by atoms with Crippen molar-refractivity contribution >= 4 is 35.8 Å². The van der Waals surface area contributed by atoms with Crippen LogP contribution in [0.1, 0.15) is 18.4 Å². The maximum absolute atomic E-state index is 6.03. The summed E-state index contributed by atoms with van der Waals surface area (Å²) in [6, 6.07) is 16.2. The molecule has 128 valence electrons. The summed E-state index contributed by atoms with van der Waals surface area (Å²) < 4.78 is 5.54. The smallest absolute Gasteiger partial charge is 0.194 e. The van der Waals surface area contributed by atoms with E-state index in [0.29, 0.717) is 18.3 Å². The summed E-state index contributed by atoms with van der Waals surface area (Å²) in [5.74, 6) is 1.10. The number of nitrogens with one attached hydrogen (secondary N) is 1. The average Bonchev–Trinajstić information content (AvgIpc) is 2.62. The Labute approximate surface area is 159 Å². The number of nitrogens with zero attached hydrogens (tertiary/aromatic N) is 2. The second kappa shape index (κ2) is 8.98. The van der Waals surface area contributed by atoms with E-state index in [1.165, 1.54) is 5.56 Å². The third-order valence-electron chi connectivity index (χ3n) is 4.31. The van der Waals surface area contributed by atoms with Crippen molar-refractivity contribution in [2.24, 2.45) is 10.7 Å². The number of nitrogens with two attached hydrogens (primary N) is 1. The summed E-state index contributed by atoms with van der Waals surface area (Å²) in [5, 5.41) is 3.04. The topological polar surface area (TPSA) is 72.5 Å². The van der Waals surface area contributed by atoms with Crippen molar-refractivity contribution in [2.75, 3.05) is 25.1 Å². The molecule has 1 aromatic heterocycles. The number of anilines is 1. The summed E-state index contributed by atoms with van der Waals surface area (Å²) in [4.78, 5) is 8.78. The zero-order valence-corrected chi connectivity index (χ0v) is 15.9. The summed E-state index contributed by atoms with van der Waals surface area (Å²) in [5.41, 5.74) is 7.33. The zero-order chi connectivity index (χ0) is 16.0. The Hall–Kier alpha value is -1.67. The maximum Gasteiger partial charge on any atom is 0.194 e. The molecule has 0 aliphatic carbocycles. The molecule has 2 heterocycles. The molecule has 0 unspecified atom stereocenters. The van der Waals surface area contributed by atoms with E-state index in [4.69, 9.17) is 10.5 Å². The normalized spacial score (nSPS) is 16.9. The van der Waals surface area contributed by atoms with E-state index >= 15 is 0 Å². The molecule has 2 aromatic rings. The number of aromatic nitrogens is 1. The van der Waals surface area contributed by atoms with Gasteiger partial charge in [0.25, 0.3) is 0 Å². The fourth-order valence-corrected chi connectivity index (χ4v) is 2.94. The van der Waals surface area contributed by atoms with E-state index in [2.05, 4.69) is 39.6 Å². The SMILES string of the molecule is I.NC(=NCC1(c2ccccc2)CCOCC1)Nc1ccccn1. The van der Waals surface area contributed by atoms with E-state index < -0.39 is 0 Å². The van der Waals surface area contributed by atoms with Gasteiger partial charge in [0.15, 0.2) is 5.96 Å². The van der Waals surface area contributed by atoms with E-state index in [1.807, 2.05) is 24.3 Å². The van der Waals surface area contributed by atoms with Crippen molar-refractivity contribution in [3.63, 3.8) is 0 Å². The third-order valence-corrected chi connectivity index (χ3v) is 4.31. The molecule has 0 atom stereocenters. The van der Waals surface area contributed by atoms with Gasteiger partial charge < -0.3 is 15.8 Å². The molecule has 6 heteroatoms. The number of pyridine rings is 1. The lowest BCUT2D eigenvalue weighted by atomic mass is 9.74. The van der Waals surface area contributed by atoms with E-state index in [0.717, 1.165) is 26.1 Å². The molecule has 1 aliphatic heterocycles. The highest BCUT2D eigenvalue weighted by molar-refractivity contribution is 14.0. The van der Waals surface area contributed by atoms with E-state index in [9.17, 15) is 0 Å². The van der Waals surface area contributed by atoms with Crippen LogP contribution in [0.5, 0.6) is 0 Å². The van der Waals surface area contributed by atoms with Gasteiger partial charge in [-0.1, -0.05) is 36.4 Å². The molecular formula is C18H23IN4O. The lowest BCUT2D eigenvalue weighted by Crippen LogP contribution is -2.38.